The first-order chi connectivity index (χ1) is 28.5. The number of alkyl halides is 4. The lowest BCUT2D eigenvalue weighted by Gasteiger charge is -2.18. The number of halogens is 6. The van der Waals surface area contributed by atoms with E-state index in [-0.39, 0.29) is 50.3 Å². The van der Waals surface area contributed by atoms with E-state index in [4.69, 9.17) is 20.3 Å². The quantitative estimate of drug-likeness (QED) is 0.198. The highest BCUT2D eigenvalue weighted by Gasteiger charge is 2.45. The Morgan fingerprint density at radius 2 is 1.15 bits per heavy atom. The van der Waals surface area contributed by atoms with E-state index in [0.29, 0.717) is 44.4 Å². The highest BCUT2D eigenvalue weighted by molar-refractivity contribution is 5.91. The van der Waals surface area contributed by atoms with Gasteiger partial charge >= 0.3 is 18.2 Å². The van der Waals surface area contributed by atoms with Crippen molar-refractivity contribution >= 4 is 35.7 Å². The lowest BCUT2D eigenvalue weighted by Crippen LogP contribution is -2.39. The molecule has 0 radical (unpaired) electrons. The summed E-state index contributed by atoms with van der Waals surface area (Å²) in [6.45, 7) is 2.49. The normalized spacial score (nSPS) is 19.0. The molecular formula is C38H37F6N7O9. The Balaban J connectivity index is 0.000000181. The van der Waals surface area contributed by atoms with Gasteiger partial charge in [-0.1, -0.05) is 26.0 Å². The highest BCUT2D eigenvalue weighted by atomic mass is 19.3. The zero-order chi connectivity index (χ0) is 43.2. The molecule has 0 unspecified atom stereocenters. The van der Waals surface area contributed by atoms with E-state index in [0.717, 1.165) is 10.1 Å². The molecular weight excluding hydrogens is 812 g/mol. The number of cyclic esters (lactones) is 2. The summed E-state index contributed by atoms with van der Waals surface area (Å²) in [5.41, 5.74) is 7.67. The smallest absolute Gasteiger partial charge is 0.416 e. The van der Waals surface area contributed by atoms with Crippen molar-refractivity contribution in [1.82, 2.24) is 19.1 Å². The zero-order valence-electron chi connectivity index (χ0n) is 31.8. The highest BCUT2D eigenvalue weighted by Crippen LogP contribution is 2.40. The summed E-state index contributed by atoms with van der Waals surface area (Å²) in [6, 6.07) is 6.80. The fourth-order valence-electron chi connectivity index (χ4n) is 7.08. The number of amides is 3. The number of hydrogen-bond donors (Lipinski definition) is 2. The summed E-state index contributed by atoms with van der Waals surface area (Å²) in [6.07, 6.45) is -7.32. The van der Waals surface area contributed by atoms with Crippen LogP contribution in [0.1, 0.15) is 25.0 Å². The molecule has 3 N–H and O–H groups in total. The molecule has 0 aliphatic carbocycles. The van der Waals surface area contributed by atoms with Gasteiger partial charge < -0.3 is 29.8 Å². The number of benzene rings is 2. The SMILES string of the molecule is C[C@H](Cc1ccc2c(c1)OCCn1c-2nc(N2C(=O)OC[C@H]2C(F)F)c1F)C(=O)O.C[C@H](Cc1ccc2c(c1)OCCn1c-2nc(N2C(=O)OC[C@H]2C(F)F)c1F)C(N)=O. The maximum Gasteiger partial charge on any atom is 0.416 e. The van der Waals surface area contributed by atoms with Gasteiger partial charge in [-0.2, -0.15) is 8.78 Å². The number of aliphatic carboxylic acids is 1. The van der Waals surface area contributed by atoms with Crippen molar-refractivity contribution in [2.45, 2.75) is 64.7 Å². The predicted octanol–water partition coefficient (Wildman–Crippen LogP) is 5.27. The maximum absolute atomic E-state index is 15.1. The Morgan fingerprint density at radius 1 is 0.733 bits per heavy atom. The zero-order valence-corrected chi connectivity index (χ0v) is 31.8. The van der Waals surface area contributed by atoms with Gasteiger partial charge in [-0.25, -0.2) is 46.9 Å². The van der Waals surface area contributed by atoms with E-state index in [2.05, 4.69) is 19.4 Å². The number of ether oxygens (including phenoxy) is 4. The van der Waals surface area contributed by atoms with E-state index >= 15 is 8.78 Å². The second kappa shape index (κ2) is 16.6. The van der Waals surface area contributed by atoms with Crippen LogP contribution >= 0.6 is 0 Å². The largest absolute Gasteiger partial charge is 0.491 e. The predicted molar refractivity (Wildman–Crippen MR) is 196 cm³/mol. The number of carbonyl (C=O) groups excluding carboxylic acids is 3. The van der Waals surface area contributed by atoms with Crippen LogP contribution in [0.15, 0.2) is 36.4 Å². The molecule has 4 atom stereocenters. The van der Waals surface area contributed by atoms with Crippen molar-refractivity contribution in [2.75, 3.05) is 36.2 Å². The van der Waals surface area contributed by atoms with Crippen LogP contribution in [-0.4, -0.2) is 99.6 Å². The molecule has 4 aromatic rings. The summed E-state index contributed by atoms with van der Waals surface area (Å²) in [5, 5.41) is 9.09. The van der Waals surface area contributed by atoms with Gasteiger partial charge in [0, 0.05) is 5.92 Å². The molecule has 2 aromatic carbocycles. The first kappa shape index (κ1) is 41.7. The van der Waals surface area contributed by atoms with E-state index in [1.807, 2.05) is 0 Å². The van der Waals surface area contributed by atoms with Crippen molar-refractivity contribution in [2.24, 2.45) is 17.6 Å². The lowest BCUT2D eigenvalue weighted by atomic mass is 9.99. The maximum atomic E-state index is 15.1. The summed E-state index contributed by atoms with van der Waals surface area (Å²) in [4.78, 5) is 55.7. The van der Waals surface area contributed by atoms with E-state index in [9.17, 15) is 36.7 Å². The van der Waals surface area contributed by atoms with Crippen LogP contribution in [0.2, 0.25) is 0 Å². The molecule has 0 spiro atoms. The van der Waals surface area contributed by atoms with Gasteiger partial charge in [0.15, 0.2) is 11.6 Å². The molecule has 4 aliphatic rings. The average molecular weight is 850 g/mol. The molecule has 22 heteroatoms. The topological polar surface area (TPSA) is 194 Å². The Morgan fingerprint density at radius 3 is 1.53 bits per heavy atom. The number of carbonyl (C=O) groups is 4. The minimum atomic E-state index is -2.92. The first-order valence-electron chi connectivity index (χ1n) is 18.6. The molecule has 2 aromatic heterocycles. The van der Waals surface area contributed by atoms with Crippen LogP contribution in [0.4, 0.5) is 47.6 Å². The van der Waals surface area contributed by atoms with Crippen LogP contribution in [0.3, 0.4) is 0 Å². The molecule has 0 saturated carbocycles. The average Bonchev–Trinajstić information content (AvgIpc) is 3.88. The van der Waals surface area contributed by atoms with Gasteiger partial charge in [0.1, 0.15) is 61.7 Å². The van der Waals surface area contributed by atoms with Gasteiger partial charge in [0.2, 0.25) is 17.8 Å². The molecule has 8 rings (SSSR count). The van der Waals surface area contributed by atoms with Crippen molar-refractivity contribution in [3.63, 3.8) is 0 Å². The van der Waals surface area contributed by atoms with Crippen LogP contribution in [0.5, 0.6) is 11.5 Å². The molecule has 0 bridgehead atoms. The summed E-state index contributed by atoms with van der Waals surface area (Å²) in [7, 11) is 0. The Labute approximate surface area is 336 Å². The summed E-state index contributed by atoms with van der Waals surface area (Å²) in [5.74, 6) is -4.17. The second-order valence-electron chi connectivity index (χ2n) is 14.4. The summed E-state index contributed by atoms with van der Waals surface area (Å²) < 4.78 is 106. The lowest BCUT2D eigenvalue weighted by molar-refractivity contribution is -0.141. The Hall–Kier alpha value is -6.48. The molecule has 6 heterocycles. The molecule has 16 nitrogen and oxygen atoms in total. The monoisotopic (exact) mass is 849 g/mol. The minimum Gasteiger partial charge on any atom is -0.491 e. The van der Waals surface area contributed by atoms with Gasteiger partial charge in [0.05, 0.1) is 30.1 Å². The molecule has 2 fully saturated rings. The number of carboxylic acids is 1. The van der Waals surface area contributed by atoms with E-state index < -0.39 is 91.7 Å². The van der Waals surface area contributed by atoms with E-state index in [1.165, 1.54) is 4.57 Å². The standard InChI is InChI=1S/C19H19F3N4O4.C19H18F3N3O5/c1-9(16(23)27)6-10-2-3-11-13(7-10)29-5-4-25-15(22)18(24-17(11)25)26-12(14(20)21)8-30-19(26)28;1-9(18(26)27)6-10-2-3-11-13(7-10)29-5-4-24-15(22)17(23-16(11)24)25-12(14(20)21)8-30-19(25)28/h2-3,7,9,12,14H,4-6,8H2,1H3,(H2,23,27);2-3,7,9,12,14H,4-6,8H2,1H3,(H,26,27)/t2*9-,12+/m11/s1. The van der Waals surface area contributed by atoms with Crippen LogP contribution in [0, 0.1) is 23.7 Å². The third-order valence-electron chi connectivity index (χ3n) is 10.3. The van der Waals surface area contributed by atoms with Crippen molar-refractivity contribution in [1.29, 1.82) is 0 Å². The summed E-state index contributed by atoms with van der Waals surface area (Å²) >= 11 is 0. The van der Waals surface area contributed by atoms with Crippen LogP contribution in [-0.2, 0) is 45.0 Å². The van der Waals surface area contributed by atoms with Gasteiger partial charge in [-0.15, -0.1) is 0 Å². The Bertz CT molecular complexity index is 2180. The van der Waals surface area contributed by atoms with E-state index in [1.54, 1.807) is 50.2 Å². The third-order valence-corrected chi connectivity index (χ3v) is 10.3. The third kappa shape index (κ3) is 7.84. The van der Waals surface area contributed by atoms with Crippen molar-refractivity contribution < 1.29 is 69.6 Å². The minimum absolute atomic E-state index is 0.0476. The fraction of sp³-hybridized carbons (Fsp3) is 0.421. The van der Waals surface area contributed by atoms with Crippen LogP contribution < -0.4 is 25.0 Å². The van der Waals surface area contributed by atoms with Crippen LogP contribution in [0.25, 0.3) is 22.8 Å². The number of aromatic nitrogens is 4. The number of fused-ring (bicyclic) bond motifs is 6. The second-order valence-corrected chi connectivity index (χ2v) is 14.4. The number of hydrogen-bond acceptors (Lipinski definition) is 10. The van der Waals surface area contributed by atoms with Crippen molar-refractivity contribution in [3.8, 4) is 34.3 Å². The number of carboxylic acid groups (broad SMARTS) is 1. The fourth-order valence-corrected chi connectivity index (χ4v) is 7.08. The number of primary amides is 1. The number of nitrogens with zero attached hydrogens (tertiary/aromatic N) is 6. The number of nitrogens with two attached hydrogens (primary N) is 1. The first-order valence-corrected chi connectivity index (χ1v) is 18.6. The number of rotatable bonds is 10. The molecule has 2 saturated heterocycles. The van der Waals surface area contributed by atoms with Gasteiger partial charge in [-0.05, 0) is 48.2 Å². The molecule has 60 heavy (non-hydrogen) atoms. The number of anilines is 2. The Kier molecular flexibility index (Phi) is 11.6. The molecule has 4 aliphatic heterocycles. The van der Waals surface area contributed by atoms with Gasteiger partial charge in [-0.3, -0.25) is 18.7 Å². The molecule has 320 valence electrons. The van der Waals surface area contributed by atoms with Crippen molar-refractivity contribution in [3.05, 3.63) is 59.4 Å². The number of imidazole rings is 2. The van der Waals surface area contributed by atoms with Gasteiger partial charge in [0.25, 0.3) is 12.9 Å². The molecule has 3 amide bonds.